The summed E-state index contributed by atoms with van der Waals surface area (Å²) in [5, 5.41) is 14.1. The fourth-order valence-electron chi connectivity index (χ4n) is 3.62. The number of hydrogen-bond acceptors (Lipinski definition) is 2. The Labute approximate surface area is 123 Å². The summed E-state index contributed by atoms with van der Waals surface area (Å²) in [4.78, 5) is 0. The van der Waals surface area contributed by atoms with Crippen LogP contribution in [-0.2, 0) is 19.3 Å². The first-order valence-corrected chi connectivity index (χ1v) is 8.22. The van der Waals surface area contributed by atoms with Crippen molar-refractivity contribution in [1.82, 2.24) is 5.32 Å². The highest BCUT2D eigenvalue weighted by Crippen LogP contribution is 2.41. The summed E-state index contributed by atoms with van der Waals surface area (Å²) in [6.45, 7) is 3.32. The predicted molar refractivity (Wildman–Crippen MR) is 81.9 cm³/mol. The fraction of sp³-hybridized carbons (Fsp3) is 0.625. The molecule has 1 fully saturated rings. The van der Waals surface area contributed by atoms with E-state index in [1.54, 1.807) is 0 Å². The summed E-state index contributed by atoms with van der Waals surface area (Å²) < 4.78 is 0.959. The van der Waals surface area contributed by atoms with Gasteiger partial charge in [0.25, 0.3) is 0 Å². The summed E-state index contributed by atoms with van der Waals surface area (Å²) in [6, 6.07) is 0.540. The summed E-state index contributed by atoms with van der Waals surface area (Å²) in [7, 11) is 0. The SMILES string of the molecule is Cc1c(CC2CCCN2)c(O)c(Br)c2c1CCCC2. The molecular formula is C16H22BrNO. The van der Waals surface area contributed by atoms with Crippen LogP contribution in [0.5, 0.6) is 5.75 Å². The van der Waals surface area contributed by atoms with Crippen molar-refractivity contribution < 1.29 is 5.11 Å². The first-order valence-electron chi connectivity index (χ1n) is 7.43. The van der Waals surface area contributed by atoms with Crippen molar-refractivity contribution in [3.05, 3.63) is 26.7 Å². The van der Waals surface area contributed by atoms with Crippen molar-refractivity contribution in [3.8, 4) is 5.75 Å². The Morgan fingerprint density at radius 1 is 1.21 bits per heavy atom. The molecule has 1 aliphatic heterocycles. The van der Waals surface area contributed by atoms with Crippen molar-refractivity contribution in [2.45, 2.75) is 57.9 Å². The zero-order valence-corrected chi connectivity index (χ0v) is 13.1. The predicted octanol–water partition coefficient (Wildman–Crippen LogP) is 3.64. The van der Waals surface area contributed by atoms with Crippen LogP contribution in [0.1, 0.15) is 47.9 Å². The lowest BCUT2D eigenvalue weighted by Crippen LogP contribution is -2.24. The minimum Gasteiger partial charge on any atom is -0.506 e. The summed E-state index contributed by atoms with van der Waals surface area (Å²) >= 11 is 3.63. The van der Waals surface area contributed by atoms with Gasteiger partial charge in [0.05, 0.1) is 4.47 Å². The van der Waals surface area contributed by atoms with E-state index in [1.807, 2.05) is 0 Å². The molecule has 0 spiro atoms. The minimum absolute atomic E-state index is 0.492. The molecule has 2 nitrogen and oxygen atoms in total. The van der Waals surface area contributed by atoms with Gasteiger partial charge in [-0.1, -0.05) is 0 Å². The molecule has 19 heavy (non-hydrogen) atoms. The molecule has 0 saturated carbocycles. The normalized spacial score (nSPS) is 22.5. The van der Waals surface area contributed by atoms with E-state index in [9.17, 15) is 5.11 Å². The highest BCUT2D eigenvalue weighted by atomic mass is 79.9. The van der Waals surface area contributed by atoms with E-state index in [-0.39, 0.29) is 0 Å². The van der Waals surface area contributed by atoms with Crippen LogP contribution in [0.25, 0.3) is 0 Å². The van der Waals surface area contributed by atoms with Crippen LogP contribution in [0.4, 0.5) is 0 Å². The zero-order chi connectivity index (χ0) is 13.4. The Balaban J connectivity index is 2.00. The molecule has 1 aliphatic carbocycles. The topological polar surface area (TPSA) is 32.3 Å². The first-order chi connectivity index (χ1) is 9.18. The lowest BCUT2D eigenvalue weighted by molar-refractivity contribution is 0.455. The van der Waals surface area contributed by atoms with Crippen LogP contribution < -0.4 is 5.32 Å². The van der Waals surface area contributed by atoms with Gasteiger partial charge in [-0.3, -0.25) is 0 Å². The maximum atomic E-state index is 10.5. The van der Waals surface area contributed by atoms with Crippen LogP contribution in [0.15, 0.2) is 4.47 Å². The zero-order valence-electron chi connectivity index (χ0n) is 11.6. The van der Waals surface area contributed by atoms with Crippen LogP contribution in [0, 0.1) is 6.92 Å². The number of rotatable bonds is 2. The third kappa shape index (κ3) is 2.43. The Morgan fingerprint density at radius 3 is 2.63 bits per heavy atom. The molecule has 0 bridgehead atoms. The lowest BCUT2D eigenvalue weighted by Gasteiger charge is -2.25. The van der Waals surface area contributed by atoms with Gasteiger partial charge in [0.2, 0.25) is 0 Å². The smallest absolute Gasteiger partial charge is 0.133 e. The Bertz CT molecular complexity index is 492. The van der Waals surface area contributed by atoms with Crippen LogP contribution >= 0.6 is 15.9 Å². The fourth-order valence-corrected chi connectivity index (χ4v) is 4.30. The second-order valence-electron chi connectivity index (χ2n) is 5.93. The Morgan fingerprint density at radius 2 is 1.95 bits per heavy atom. The van der Waals surface area contributed by atoms with E-state index in [1.165, 1.54) is 48.8 Å². The Hall–Kier alpha value is -0.540. The molecular weight excluding hydrogens is 302 g/mol. The maximum Gasteiger partial charge on any atom is 0.133 e. The molecule has 3 rings (SSSR count). The largest absolute Gasteiger partial charge is 0.506 e. The third-order valence-corrected chi connectivity index (χ3v) is 5.60. The second kappa shape index (κ2) is 5.45. The van der Waals surface area contributed by atoms with Crippen molar-refractivity contribution >= 4 is 15.9 Å². The van der Waals surface area contributed by atoms with E-state index in [2.05, 4.69) is 28.2 Å². The number of phenols is 1. The highest BCUT2D eigenvalue weighted by molar-refractivity contribution is 9.10. The van der Waals surface area contributed by atoms with Gasteiger partial charge < -0.3 is 10.4 Å². The second-order valence-corrected chi connectivity index (χ2v) is 6.72. The van der Waals surface area contributed by atoms with Gasteiger partial charge in [-0.05, 0) is 96.6 Å². The number of phenolic OH excluding ortho intramolecular Hbond substituents is 1. The number of halogens is 1. The summed E-state index contributed by atoms with van der Waals surface area (Å²) in [5.74, 6) is 0.492. The number of benzene rings is 1. The minimum atomic E-state index is 0.492. The van der Waals surface area contributed by atoms with Crippen LogP contribution in [0.2, 0.25) is 0 Å². The molecule has 1 atom stereocenters. The van der Waals surface area contributed by atoms with Crippen molar-refractivity contribution in [2.75, 3.05) is 6.54 Å². The van der Waals surface area contributed by atoms with E-state index in [4.69, 9.17) is 0 Å². The number of fused-ring (bicyclic) bond motifs is 1. The molecule has 0 amide bonds. The Kier molecular flexibility index (Phi) is 3.86. The molecule has 1 aromatic rings. The van der Waals surface area contributed by atoms with Gasteiger partial charge in [0.15, 0.2) is 0 Å². The molecule has 1 saturated heterocycles. The molecule has 2 N–H and O–H groups in total. The van der Waals surface area contributed by atoms with Gasteiger partial charge in [0.1, 0.15) is 5.75 Å². The molecule has 1 unspecified atom stereocenters. The van der Waals surface area contributed by atoms with Crippen molar-refractivity contribution in [2.24, 2.45) is 0 Å². The summed E-state index contributed by atoms with van der Waals surface area (Å²) in [5.41, 5.74) is 5.34. The van der Waals surface area contributed by atoms with Crippen molar-refractivity contribution in [1.29, 1.82) is 0 Å². The van der Waals surface area contributed by atoms with Crippen LogP contribution in [-0.4, -0.2) is 17.7 Å². The highest BCUT2D eigenvalue weighted by Gasteiger charge is 2.24. The molecule has 104 valence electrons. The maximum absolute atomic E-state index is 10.5. The van der Waals surface area contributed by atoms with Gasteiger partial charge in [0, 0.05) is 6.04 Å². The number of hydrogen-bond donors (Lipinski definition) is 2. The monoisotopic (exact) mass is 323 g/mol. The first kappa shape index (κ1) is 13.4. The van der Waals surface area contributed by atoms with Gasteiger partial charge in [-0.15, -0.1) is 0 Å². The molecule has 3 heteroatoms. The number of nitrogens with one attached hydrogen (secondary N) is 1. The molecule has 2 aliphatic rings. The van der Waals surface area contributed by atoms with E-state index >= 15 is 0 Å². The lowest BCUT2D eigenvalue weighted by atomic mass is 9.84. The van der Waals surface area contributed by atoms with E-state index < -0.39 is 0 Å². The van der Waals surface area contributed by atoms with Gasteiger partial charge in [-0.25, -0.2) is 0 Å². The van der Waals surface area contributed by atoms with E-state index in [0.717, 1.165) is 29.4 Å². The van der Waals surface area contributed by atoms with Crippen molar-refractivity contribution in [3.63, 3.8) is 0 Å². The molecule has 1 aromatic carbocycles. The van der Waals surface area contributed by atoms with Crippen LogP contribution in [0.3, 0.4) is 0 Å². The number of aromatic hydroxyl groups is 1. The third-order valence-electron chi connectivity index (χ3n) is 4.74. The molecule has 0 radical (unpaired) electrons. The van der Waals surface area contributed by atoms with Gasteiger partial charge >= 0.3 is 0 Å². The van der Waals surface area contributed by atoms with Gasteiger partial charge in [-0.2, -0.15) is 0 Å². The quantitative estimate of drug-likeness (QED) is 0.871. The average molecular weight is 324 g/mol. The van der Waals surface area contributed by atoms with E-state index in [0.29, 0.717) is 11.8 Å². The average Bonchev–Trinajstić information content (AvgIpc) is 2.94. The summed E-state index contributed by atoms with van der Waals surface area (Å²) in [6.07, 6.45) is 8.26. The molecule has 0 aromatic heterocycles. The standard InChI is InChI=1S/C16H22BrNO/c1-10-12-6-2-3-7-13(12)15(17)16(19)14(10)9-11-5-4-8-18-11/h11,18-19H,2-9H2,1H3. The molecule has 1 heterocycles.